The number of likely N-dealkylation sites (tertiary alicyclic amines) is 1. The van der Waals surface area contributed by atoms with Crippen LogP contribution in [0.3, 0.4) is 0 Å². The normalized spacial score (nSPS) is 23.6. The molecule has 26 heavy (non-hydrogen) atoms. The second-order valence-electron chi connectivity index (χ2n) is 8.00. The summed E-state index contributed by atoms with van der Waals surface area (Å²) in [5, 5.41) is 3.22. The van der Waals surface area contributed by atoms with Crippen LogP contribution in [0.1, 0.15) is 36.0 Å². The van der Waals surface area contributed by atoms with Gasteiger partial charge in [-0.3, -0.25) is 9.59 Å². The second-order valence-corrected chi connectivity index (χ2v) is 8.00. The Kier molecular flexibility index (Phi) is 5.66. The summed E-state index contributed by atoms with van der Waals surface area (Å²) in [5.74, 6) is 0.537. The van der Waals surface area contributed by atoms with E-state index >= 15 is 0 Å². The fourth-order valence-corrected chi connectivity index (χ4v) is 4.67. The number of carbonyl (C=O) groups is 2. The van der Waals surface area contributed by atoms with Crippen molar-refractivity contribution in [1.29, 1.82) is 0 Å². The van der Waals surface area contributed by atoms with Gasteiger partial charge < -0.3 is 15.1 Å². The van der Waals surface area contributed by atoms with E-state index < -0.39 is 0 Å². The zero-order valence-electron chi connectivity index (χ0n) is 16.5. The number of amides is 2. The van der Waals surface area contributed by atoms with Crippen molar-refractivity contribution in [2.45, 2.75) is 40.0 Å². The van der Waals surface area contributed by atoms with Crippen LogP contribution < -0.4 is 10.2 Å². The smallest absolute Gasteiger partial charge is 0.228 e. The van der Waals surface area contributed by atoms with Gasteiger partial charge in [-0.05, 0) is 64.3 Å². The van der Waals surface area contributed by atoms with Crippen LogP contribution in [-0.4, -0.2) is 49.9 Å². The van der Waals surface area contributed by atoms with Crippen molar-refractivity contribution >= 4 is 17.5 Å². The molecule has 2 unspecified atom stereocenters. The molecule has 1 aromatic rings. The molecule has 0 aliphatic carbocycles. The van der Waals surface area contributed by atoms with Gasteiger partial charge in [0.2, 0.25) is 11.8 Å². The van der Waals surface area contributed by atoms with Gasteiger partial charge in [-0.25, -0.2) is 0 Å². The number of piperidine rings is 1. The summed E-state index contributed by atoms with van der Waals surface area (Å²) in [6, 6.07) is 4.22. The van der Waals surface area contributed by atoms with Gasteiger partial charge in [-0.2, -0.15) is 0 Å². The van der Waals surface area contributed by atoms with Crippen LogP contribution >= 0.6 is 0 Å². The van der Waals surface area contributed by atoms with E-state index in [4.69, 9.17) is 0 Å². The van der Waals surface area contributed by atoms with E-state index in [-0.39, 0.29) is 17.7 Å². The van der Waals surface area contributed by atoms with E-state index in [0.29, 0.717) is 18.9 Å². The summed E-state index contributed by atoms with van der Waals surface area (Å²) in [6.07, 6.45) is 2.56. The quantitative estimate of drug-likeness (QED) is 0.900. The first-order valence-corrected chi connectivity index (χ1v) is 9.72. The number of benzene rings is 1. The van der Waals surface area contributed by atoms with E-state index in [1.54, 1.807) is 0 Å². The summed E-state index contributed by atoms with van der Waals surface area (Å²) in [6.45, 7) is 9.26. The topological polar surface area (TPSA) is 52.7 Å². The molecule has 5 nitrogen and oxygen atoms in total. The largest absolute Gasteiger partial charge is 0.342 e. The zero-order chi connectivity index (χ0) is 18.8. The maximum absolute atomic E-state index is 13.0. The third-order valence-electron chi connectivity index (χ3n) is 5.70. The summed E-state index contributed by atoms with van der Waals surface area (Å²) in [7, 11) is 1.96. The van der Waals surface area contributed by atoms with Crippen LogP contribution in [0.25, 0.3) is 0 Å². The Bertz CT molecular complexity index is 675. The summed E-state index contributed by atoms with van der Waals surface area (Å²) in [4.78, 5) is 29.5. The maximum atomic E-state index is 13.0. The van der Waals surface area contributed by atoms with E-state index in [1.165, 1.54) is 12.0 Å². The van der Waals surface area contributed by atoms with Crippen LogP contribution in [0.4, 0.5) is 5.69 Å². The molecule has 0 saturated carbocycles. The minimum atomic E-state index is -0.212. The molecule has 0 radical (unpaired) electrons. The van der Waals surface area contributed by atoms with Gasteiger partial charge >= 0.3 is 0 Å². The zero-order valence-corrected chi connectivity index (χ0v) is 16.5. The Hall–Kier alpha value is -1.88. The Balaban J connectivity index is 1.72. The number of hydrogen-bond acceptors (Lipinski definition) is 3. The molecule has 2 heterocycles. The number of hydrogen-bond donors (Lipinski definition) is 1. The van der Waals surface area contributed by atoms with Crippen LogP contribution in [0.2, 0.25) is 0 Å². The predicted molar refractivity (Wildman–Crippen MR) is 104 cm³/mol. The number of anilines is 1. The minimum Gasteiger partial charge on any atom is -0.342 e. The monoisotopic (exact) mass is 357 g/mol. The maximum Gasteiger partial charge on any atom is 0.228 e. The van der Waals surface area contributed by atoms with Crippen LogP contribution in [-0.2, 0) is 9.59 Å². The molecule has 0 aromatic heterocycles. The molecule has 3 rings (SSSR count). The van der Waals surface area contributed by atoms with Gasteiger partial charge in [0.1, 0.15) is 0 Å². The first-order chi connectivity index (χ1) is 12.4. The van der Waals surface area contributed by atoms with Crippen molar-refractivity contribution in [2.75, 3.05) is 38.1 Å². The van der Waals surface area contributed by atoms with E-state index in [2.05, 4.69) is 24.4 Å². The van der Waals surface area contributed by atoms with Crippen LogP contribution in [0, 0.1) is 32.6 Å². The van der Waals surface area contributed by atoms with Crippen molar-refractivity contribution < 1.29 is 9.59 Å². The second kappa shape index (κ2) is 7.78. The van der Waals surface area contributed by atoms with Crippen molar-refractivity contribution in [2.24, 2.45) is 11.8 Å². The van der Waals surface area contributed by atoms with E-state index in [1.807, 2.05) is 30.7 Å². The number of rotatable bonds is 4. The molecular weight excluding hydrogens is 326 g/mol. The molecule has 0 spiro atoms. The Morgan fingerprint density at radius 2 is 1.88 bits per heavy atom. The molecule has 2 saturated heterocycles. The third kappa shape index (κ3) is 3.78. The molecule has 2 fully saturated rings. The fourth-order valence-electron chi connectivity index (χ4n) is 4.67. The minimum absolute atomic E-state index is 0.0715. The van der Waals surface area contributed by atoms with Gasteiger partial charge in [-0.15, -0.1) is 0 Å². The van der Waals surface area contributed by atoms with Crippen molar-refractivity contribution in [3.8, 4) is 0 Å². The molecule has 2 amide bonds. The average molecular weight is 357 g/mol. The lowest BCUT2D eigenvalue weighted by Gasteiger charge is -2.34. The lowest BCUT2D eigenvalue weighted by atomic mass is 9.96. The highest BCUT2D eigenvalue weighted by Gasteiger charge is 2.39. The standard InChI is InChI=1S/C21H31N3O2/c1-14-8-15(2)20(16(3)9-14)24-13-18(10-19(24)25)21(26)23-7-5-6-17(12-23)11-22-4/h8-9,17-18,22H,5-7,10-13H2,1-4H3. The molecule has 1 aromatic carbocycles. The van der Waals surface area contributed by atoms with Crippen molar-refractivity contribution in [1.82, 2.24) is 10.2 Å². The molecule has 0 bridgehead atoms. The molecular formula is C21H31N3O2. The average Bonchev–Trinajstić information content (AvgIpc) is 2.95. The first kappa shape index (κ1) is 18.9. The Morgan fingerprint density at radius 1 is 1.19 bits per heavy atom. The van der Waals surface area contributed by atoms with E-state index in [0.717, 1.165) is 42.9 Å². The summed E-state index contributed by atoms with van der Waals surface area (Å²) < 4.78 is 0. The third-order valence-corrected chi connectivity index (χ3v) is 5.70. The number of nitrogens with one attached hydrogen (secondary N) is 1. The molecule has 2 aliphatic heterocycles. The SMILES string of the molecule is CNCC1CCCN(C(=O)C2CC(=O)N(c3c(C)cc(C)cc3C)C2)C1. The predicted octanol–water partition coefficient (Wildman–Crippen LogP) is 2.42. The van der Waals surface area contributed by atoms with Crippen molar-refractivity contribution in [3.05, 3.63) is 28.8 Å². The van der Waals surface area contributed by atoms with Crippen LogP contribution in [0.15, 0.2) is 12.1 Å². The Morgan fingerprint density at radius 3 is 2.54 bits per heavy atom. The molecule has 142 valence electrons. The van der Waals surface area contributed by atoms with Crippen LogP contribution in [0.5, 0.6) is 0 Å². The number of carbonyl (C=O) groups excluding carboxylic acids is 2. The van der Waals surface area contributed by atoms with E-state index in [9.17, 15) is 9.59 Å². The fraction of sp³-hybridized carbons (Fsp3) is 0.619. The van der Waals surface area contributed by atoms with Gasteiger partial charge in [-0.1, -0.05) is 17.7 Å². The van der Waals surface area contributed by atoms with Gasteiger partial charge in [0, 0.05) is 31.7 Å². The highest BCUT2D eigenvalue weighted by molar-refractivity contribution is 6.01. The molecule has 1 N–H and O–H groups in total. The number of aryl methyl sites for hydroxylation is 3. The lowest BCUT2D eigenvalue weighted by molar-refractivity contribution is -0.137. The highest BCUT2D eigenvalue weighted by Crippen LogP contribution is 2.33. The van der Waals surface area contributed by atoms with Crippen molar-refractivity contribution in [3.63, 3.8) is 0 Å². The molecule has 2 aliphatic rings. The first-order valence-electron chi connectivity index (χ1n) is 9.72. The van der Waals surface area contributed by atoms with Gasteiger partial charge in [0.05, 0.1) is 5.92 Å². The van der Waals surface area contributed by atoms with Gasteiger partial charge in [0.25, 0.3) is 0 Å². The lowest BCUT2D eigenvalue weighted by Crippen LogP contribution is -2.45. The molecule has 5 heteroatoms. The molecule has 2 atom stereocenters. The summed E-state index contributed by atoms with van der Waals surface area (Å²) in [5.41, 5.74) is 4.40. The van der Waals surface area contributed by atoms with Gasteiger partial charge in [0.15, 0.2) is 0 Å². The summed E-state index contributed by atoms with van der Waals surface area (Å²) >= 11 is 0. The Labute approximate surface area is 156 Å². The number of nitrogens with zero attached hydrogens (tertiary/aromatic N) is 2. The highest BCUT2D eigenvalue weighted by atomic mass is 16.2.